The summed E-state index contributed by atoms with van der Waals surface area (Å²) >= 11 is 0. The Morgan fingerprint density at radius 2 is 2.03 bits per heavy atom. The van der Waals surface area contributed by atoms with Gasteiger partial charge in [-0.3, -0.25) is 9.59 Å². The van der Waals surface area contributed by atoms with Gasteiger partial charge in [-0.25, -0.2) is 0 Å². The first-order valence-corrected chi connectivity index (χ1v) is 10.2. The molecule has 1 aromatic carbocycles. The summed E-state index contributed by atoms with van der Waals surface area (Å²) in [6.45, 7) is 4.62. The molecule has 1 unspecified atom stereocenters. The summed E-state index contributed by atoms with van der Waals surface area (Å²) in [5.74, 6) is 1.20. The zero-order valence-corrected chi connectivity index (χ0v) is 16.8. The number of nitrogens with one attached hydrogen (secondary N) is 1. The summed E-state index contributed by atoms with van der Waals surface area (Å²) in [6, 6.07) is 7.38. The van der Waals surface area contributed by atoms with E-state index in [1.54, 1.807) is 11.8 Å². The molecule has 1 atom stereocenters. The fraction of sp³-hybridized carbons (Fsp3) is 0.524. The van der Waals surface area contributed by atoms with Gasteiger partial charge in [0.1, 0.15) is 11.3 Å². The van der Waals surface area contributed by atoms with Crippen molar-refractivity contribution in [3.8, 4) is 5.75 Å². The number of hydrogen-bond acceptors (Lipinski definition) is 6. The van der Waals surface area contributed by atoms with Gasteiger partial charge in [-0.15, -0.1) is 0 Å². The minimum Gasteiger partial charge on any atom is -0.494 e. The van der Waals surface area contributed by atoms with Gasteiger partial charge in [-0.2, -0.15) is 4.98 Å². The number of hydrogen-bond donors (Lipinski definition) is 1. The van der Waals surface area contributed by atoms with E-state index in [9.17, 15) is 9.59 Å². The molecule has 4 rings (SSSR count). The van der Waals surface area contributed by atoms with E-state index in [2.05, 4.69) is 15.5 Å². The molecule has 0 bridgehead atoms. The second kappa shape index (κ2) is 7.85. The fourth-order valence-electron chi connectivity index (χ4n) is 4.24. The smallest absolute Gasteiger partial charge is 0.227 e. The molecule has 8 nitrogen and oxygen atoms in total. The number of aryl methyl sites for hydroxylation is 1. The highest BCUT2D eigenvalue weighted by molar-refractivity contribution is 6.00. The van der Waals surface area contributed by atoms with E-state index in [1.807, 2.05) is 31.2 Å². The summed E-state index contributed by atoms with van der Waals surface area (Å²) < 4.78 is 10.6. The Labute approximate surface area is 169 Å². The number of anilines is 1. The van der Waals surface area contributed by atoms with Crippen LogP contribution in [-0.2, 0) is 15.1 Å². The molecule has 1 aliphatic carbocycles. The number of rotatable bonds is 6. The minimum atomic E-state index is -0.593. The Morgan fingerprint density at radius 1 is 1.31 bits per heavy atom. The number of carbonyl (C=O) groups is 2. The summed E-state index contributed by atoms with van der Waals surface area (Å²) in [6.07, 6.45) is 3.74. The molecular formula is C21H26N4O4. The summed E-state index contributed by atoms with van der Waals surface area (Å²) in [5.41, 5.74) is 0.183. The highest BCUT2D eigenvalue weighted by atomic mass is 16.5. The van der Waals surface area contributed by atoms with Crippen molar-refractivity contribution < 1.29 is 18.8 Å². The van der Waals surface area contributed by atoms with Crippen molar-refractivity contribution >= 4 is 17.5 Å². The zero-order chi connectivity index (χ0) is 20.4. The standard InChI is InChI=1S/C21H26N4O4/c1-3-28-17-8-6-16(7-9-17)25-13-15(12-18(25)26)19(27)23-21(10-4-5-11-21)20-22-14(2)29-24-20/h6-9,15H,3-5,10-13H2,1-2H3,(H,23,27). The maximum atomic E-state index is 13.1. The van der Waals surface area contributed by atoms with Gasteiger partial charge in [0.15, 0.2) is 5.82 Å². The minimum absolute atomic E-state index is 0.0508. The summed E-state index contributed by atoms with van der Waals surface area (Å²) in [5, 5.41) is 7.22. The van der Waals surface area contributed by atoms with Gasteiger partial charge < -0.3 is 19.5 Å². The monoisotopic (exact) mass is 398 g/mol. The van der Waals surface area contributed by atoms with Crippen molar-refractivity contribution in [3.63, 3.8) is 0 Å². The van der Waals surface area contributed by atoms with Gasteiger partial charge in [-0.1, -0.05) is 18.0 Å². The van der Waals surface area contributed by atoms with Crippen molar-refractivity contribution in [2.24, 2.45) is 5.92 Å². The molecule has 1 N–H and O–H groups in total. The molecular weight excluding hydrogens is 372 g/mol. The maximum absolute atomic E-state index is 13.1. The van der Waals surface area contributed by atoms with Gasteiger partial charge in [0, 0.05) is 25.6 Å². The number of carbonyl (C=O) groups excluding carboxylic acids is 2. The average Bonchev–Trinajstić information content (AvgIpc) is 3.43. The van der Waals surface area contributed by atoms with E-state index in [0.717, 1.165) is 37.1 Å². The molecule has 2 heterocycles. The van der Waals surface area contributed by atoms with E-state index < -0.39 is 11.5 Å². The molecule has 8 heteroatoms. The lowest BCUT2D eigenvalue weighted by atomic mass is 9.94. The van der Waals surface area contributed by atoms with E-state index in [0.29, 0.717) is 24.9 Å². The average molecular weight is 398 g/mol. The molecule has 1 saturated carbocycles. The lowest BCUT2D eigenvalue weighted by molar-refractivity contribution is -0.128. The fourth-order valence-corrected chi connectivity index (χ4v) is 4.24. The molecule has 2 aliphatic rings. The summed E-state index contributed by atoms with van der Waals surface area (Å²) in [7, 11) is 0. The topological polar surface area (TPSA) is 97.6 Å². The number of amides is 2. The molecule has 2 fully saturated rings. The summed E-state index contributed by atoms with van der Waals surface area (Å²) in [4.78, 5) is 31.6. The van der Waals surface area contributed by atoms with Gasteiger partial charge in [0.05, 0.1) is 12.5 Å². The molecule has 1 saturated heterocycles. The Hall–Kier alpha value is -2.90. The Kier molecular flexibility index (Phi) is 5.25. The van der Waals surface area contributed by atoms with Crippen LogP contribution in [-0.4, -0.2) is 35.1 Å². The SMILES string of the molecule is CCOc1ccc(N2CC(C(=O)NC3(c4noc(C)n4)CCCC3)CC2=O)cc1. The van der Waals surface area contributed by atoms with Crippen LogP contribution in [0.5, 0.6) is 5.75 Å². The Balaban J connectivity index is 1.46. The first kappa shape index (κ1) is 19.4. The Morgan fingerprint density at radius 3 is 2.66 bits per heavy atom. The third kappa shape index (κ3) is 3.83. The quantitative estimate of drug-likeness (QED) is 0.803. The first-order chi connectivity index (χ1) is 14.0. The van der Waals surface area contributed by atoms with Crippen molar-refractivity contribution in [2.75, 3.05) is 18.1 Å². The molecule has 2 amide bonds. The highest BCUT2D eigenvalue weighted by Crippen LogP contribution is 2.38. The van der Waals surface area contributed by atoms with Crippen LogP contribution in [0.15, 0.2) is 28.8 Å². The van der Waals surface area contributed by atoms with Crippen LogP contribution in [0.3, 0.4) is 0 Å². The van der Waals surface area contributed by atoms with Gasteiger partial charge in [-0.05, 0) is 44.0 Å². The third-order valence-electron chi connectivity index (χ3n) is 5.73. The lowest BCUT2D eigenvalue weighted by Gasteiger charge is -2.28. The lowest BCUT2D eigenvalue weighted by Crippen LogP contribution is -2.47. The molecule has 0 radical (unpaired) electrons. The molecule has 0 spiro atoms. The predicted octanol–water partition coefficient (Wildman–Crippen LogP) is 2.72. The second-order valence-electron chi connectivity index (χ2n) is 7.75. The highest BCUT2D eigenvalue weighted by Gasteiger charge is 2.44. The largest absolute Gasteiger partial charge is 0.494 e. The van der Waals surface area contributed by atoms with Crippen molar-refractivity contribution in [1.82, 2.24) is 15.5 Å². The van der Waals surface area contributed by atoms with Crippen LogP contribution in [0.25, 0.3) is 0 Å². The number of aromatic nitrogens is 2. The van der Waals surface area contributed by atoms with Crippen LogP contribution in [0.2, 0.25) is 0 Å². The number of ether oxygens (including phenoxy) is 1. The van der Waals surface area contributed by atoms with Crippen LogP contribution in [0.4, 0.5) is 5.69 Å². The number of benzene rings is 1. The van der Waals surface area contributed by atoms with Crippen molar-refractivity contribution in [2.45, 2.75) is 51.5 Å². The Bertz CT molecular complexity index is 886. The van der Waals surface area contributed by atoms with Crippen LogP contribution in [0.1, 0.15) is 50.7 Å². The van der Waals surface area contributed by atoms with Crippen LogP contribution >= 0.6 is 0 Å². The number of nitrogens with zero attached hydrogens (tertiary/aromatic N) is 3. The maximum Gasteiger partial charge on any atom is 0.227 e. The van der Waals surface area contributed by atoms with E-state index in [1.165, 1.54) is 0 Å². The van der Waals surface area contributed by atoms with Gasteiger partial charge in [0.2, 0.25) is 17.7 Å². The van der Waals surface area contributed by atoms with E-state index in [-0.39, 0.29) is 18.2 Å². The molecule has 29 heavy (non-hydrogen) atoms. The van der Waals surface area contributed by atoms with Gasteiger partial charge >= 0.3 is 0 Å². The third-order valence-corrected chi connectivity index (χ3v) is 5.73. The molecule has 1 aromatic heterocycles. The second-order valence-corrected chi connectivity index (χ2v) is 7.75. The van der Waals surface area contributed by atoms with Gasteiger partial charge in [0.25, 0.3) is 0 Å². The molecule has 2 aromatic rings. The van der Waals surface area contributed by atoms with Crippen LogP contribution < -0.4 is 15.0 Å². The first-order valence-electron chi connectivity index (χ1n) is 10.2. The molecule has 154 valence electrons. The zero-order valence-electron chi connectivity index (χ0n) is 16.8. The van der Waals surface area contributed by atoms with Crippen LogP contribution in [0, 0.1) is 12.8 Å². The molecule has 1 aliphatic heterocycles. The van der Waals surface area contributed by atoms with Crippen molar-refractivity contribution in [1.29, 1.82) is 0 Å². The normalized spacial score (nSPS) is 20.8. The van der Waals surface area contributed by atoms with E-state index in [4.69, 9.17) is 9.26 Å². The predicted molar refractivity (Wildman–Crippen MR) is 105 cm³/mol. The van der Waals surface area contributed by atoms with Crippen molar-refractivity contribution in [3.05, 3.63) is 36.0 Å². The van der Waals surface area contributed by atoms with E-state index >= 15 is 0 Å².